The van der Waals surface area contributed by atoms with Crippen LogP contribution in [-0.4, -0.2) is 28.0 Å². The average molecular weight is 365 g/mol. The van der Waals surface area contributed by atoms with E-state index in [-0.39, 0.29) is 11.5 Å². The molecule has 1 aromatic heterocycles. The van der Waals surface area contributed by atoms with Gasteiger partial charge in [-0.1, -0.05) is 30.3 Å². The summed E-state index contributed by atoms with van der Waals surface area (Å²) in [7, 11) is 3.48. The van der Waals surface area contributed by atoms with Gasteiger partial charge in [-0.25, -0.2) is 4.79 Å². The van der Waals surface area contributed by atoms with Crippen molar-refractivity contribution in [1.29, 1.82) is 0 Å². The number of aromatic nitrogens is 2. The Morgan fingerprint density at radius 2 is 1.67 bits per heavy atom. The van der Waals surface area contributed by atoms with Gasteiger partial charge in [0.2, 0.25) is 0 Å². The maximum Gasteiger partial charge on any atom is 0.328 e. The maximum absolute atomic E-state index is 12.5. The molecule has 5 heteroatoms. The van der Waals surface area contributed by atoms with E-state index in [2.05, 4.69) is 29.6 Å². The van der Waals surface area contributed by atoms with E-state index in [4.69, 9.17) is 0 Å². The number of rotatable bonds is 9. The van der Waals surface area contributed by atoms with Crippen molar-refractivity contribution >= 4 is 16.8 Å². The monoisotopic (exact) mass is 365 g/mol. The number of hydrogen-bond donors (Lipinski definition) is 1. The van der Waals surface area contributed by atoms with E-state index in [1.807, 2.05) is 24.3 Å². The molecule has 0 radical (unpaired) electrons. The van der Waals surface area contributed by atoms with Crippen molar-refractivity contribution in [2.24, 2.45) is 14.1 Å². The van der Waals surface area contributed by atoms with Crippen molar-refractivity contribution in [3.63, 3.8) is 0 Å². The van der Waals surface area contributed by atoms with E-state index in [1.165, 1.54) is 5.56 Å². The molecule has 0 unspecified atom stereocenters. The Balaban J connectivity index is 1.42. The largest absolute Gasteiger partial charge is 0.328 e. The Hall–Kier alpha value is -2.66. The van der Waals surface area contributed by atoms with Gasteiger partial charge in [-0.3, -0.25) is 13.9 Å². The summed E-state index contributed by atoms with van der Waals surface area (Å²) in [5, 5.41) is 3.44. The summed E-state index contributed by atoms with van der Waals surface area (Å²) in [6, 6.07) is 15.9. The van der Waals surface area contributed by atoms with Crippen LogP contribution in [-0.2, 0) is 20.5 Å². The molecule has 0 aliphatic carbocycles. The normalized spacial score (nSPS) is 11.2. The molecule has 0 saturated heterocycles. The summed E-state index contributed by atoms with van der Waals surface area (Å²) < 4.78 is 3.19. The Morgan fingerprint density at radius 3 is 2.44 bits per heavy atom. The number of aryl methyl sites for hydroxylation is 2. The molecule has 0 saturated carbocycles. The molecule has 2 aromatic carbocycles. The molecule has 0 aliphatic heterocycles. The fourth-order valence-corrected chi connectivity index (χ4v) is 3.36. The lowest BCUT2D eigenvalue weighted by Crippen LogP contribution is -2.19. The lowest BCUT2D eigenvalue weighted by molar-refractivity contribution is 0.0979. The highest BCUT2D eigenvalue weighted by Gasteiger charge is 2.11. The van der Waals surface area contributed by atoms with Gasteiger partial charge in [-0.2, -0.15) is 0 Å². The average Bonchev–Trinajstić information content (AvgIpc) is 2.91. The molecule has 1 N–H and O–H groups in total. The number of nitrogens with one attached hydrogen (secondary N) is 1. The summed E-state index contributed by atoms with van der Waals surface area (Å²) in [6.07, 6.45) is 3.40. The number of ketones is 1. The number of benzene rings is 2. The fourth-order valence-electron chi connectivity index (χ4n) is 3.36. The Bertz CT molecular complexity index is 970. The number of unbranched alkanes of at least 4 members (excludes halogenated alkanes) is 1. The van der Waals surface area contributed by atoms with Gasteiger partial charge >= 0.3 is 5.69 Å². The number of carbonyl (C=O) groups is 1. The predicted molar refractivity (Wildman–Crippen MR) is 109 cm³/mol. The number of carbonyl (C=O) groups excluding carboxylic acids is 1. The zero-order valence-corrected chi connectivity index (χ0v) is 16.1. The van der Waals surface area contributed by atoms with Gasteiger partial charge in [0, 0.05) is 26.1 Å². The molecule has 142 valence electrons. The summed E-state index contributed by atoms with van der Waals surface area (Å²) in [6.45, 7) is 1.88. The van der Waals surface area contributed by atoms with E-state index in [0.29, 0.717) is 12.0 Å². The van der Waals surface area contributed by atoms with Crippen LogP contribution in [0.4, 0.5) is 0 Å². The van der Waals surface area contributed by atoms with Gasteiger partial charge in [-0.05, 0) is 56.1 Å². The van der Waals surface area contributed by atoms with E-state index in [1.54, 1.807) is 23.2 Å². The summed E-state index contributed by atoms with van der Waals surface area (Å²) in [5.74, 6) is 0.137. The third kappa shape index (κ3) is 4.55. The van der Waals surface area contributed by atoms with Crippen LogP contribution in [0.3, 0.4) is 0 Å². The summed E-state index contributed by atoms with van der Waals surface area (Å²) >= 11 is 0. The van der Waals surface area contributed by atoms with Crippen LogP contribution in [0.5, 0.6) is 0 Å². The lowest BCUT2D eigenvalue weighted by Gasteiger charge is -2.05. The van der Waals surface area contributed by atoms with Gasteiger partial charge in [0.15, 0.2) is 5.78 Å². The van der Waals surface area contributed by atoms with Crippen LogP contribution in [0.1, 0.15) is 35.2 Å². The van der Waals surface area contributed by atoms with Crippen molar-refractivity contribution in [2.45, 2.75) is 25.7 Å². The van der Waals surface area contributed by atoms with Gasteiger partial charge in [-0.15, -0.1) is 0 Å². The number of nitrogens with zero attached hydrogens (tertiary/aromatic N) is 2. The number of Topliss-reactive ketones (excluding diaryl/α,β-unsaturated/α-hetero) is 1. The zero-order valence-electron chi connectivity index (χ0n) is 16.1. The first-order valence-electron chi connectivity index (χ1n) is 9.51. The molecule has 0 amide bonds. The predicted octanol–water partition coefficient (Wildman–Crippen LogP) is 3.06. The zero-order chi connectivity index (χ0) is 19.2. The Labute approximate surface area is 159 Å². The topological polar surface area (TPSA) is 56.0 Å². The second-order valence-electron chi connectivity index (χ2n) is 6.97. The first-order chi connectivity index (χ1) is 13.1. The molecule has 3 rings (SSSR count). The highest BCUT2D eigenvalue weighted by Crippen LogP contribution is 2.16. The van der Waals surface area contributed by atoms with Crippen LogP contribution in [0.25, 0.3) is 11.0 Å². The first kappa shape index (κ1) is 19.1. The minimum absolute atomic E-state index is 0.0730. The molecule has 5 nitrogen and oxygen atoms in total. The maximum atomic E-state index is 12.5. The standard InChI is InChI=1S/C22H27N3O2/c1-24-19-12-11-18(16-20(19)25(2)22(24)27)21(26)10-6-7-14-23-15-13-17-8-4-3-5-9-17/h3-5,8-9,11-12,16,23H,6-7,10,13-15H2,1-2H3. The number of imidazole rings is 1. The van der Waals surface area contributed by atoms with E-state index in [0.717, 1.165) is 43.4 Å². The highest BCUT2D eigenvalue weighted by atomic mass is 16.1. The van der Waals surface area contributed by atoms with Gasteiger partial charge in [0.25, 0.3) is 0 Å². The van der Waals surface area contributed by atoms with Crippen molar-refractivity contribution in [3.8, 4) is 0 Å². The third-order valence-electron chi connectivity index (χ3n) is 5.03. The minimum atomic E-state index is -0.0730. The molecular weight excluding hydrogens is 338 g/mol. The van der Waals surface area contributed by atoms with Gasteiger partial charge in [0.1, 0.15) is 0 Å². The van der Waals surface area contributed by atoms with Crippen LogP contribution in [0.2, 0.25) is 0 Å². The SMILES string of the molecule is Cn1c(=O)n(C)c2cc(C(=O)CCCCNCCc3ccccc3)ccc21. The van der Waals surface area contributed by atoms with Crippen LogP contribution >= 0.6 is 0 Å². The highest BCUT2D eigenvalue weighted by molar-refractivity contribution is 5.98. The van der Waals surface area contributed by atoms with E-state index >= 15 is 0 Å². The van der Waals surface area contributed by atoms with Crippen molar-refractivity contribution in [1.82, 2.24) is 14.5 Å². The third-order valence-corrected chi connectivity index (χ3v) is 5.03. The molecule has 0 atom stereocenters. The minimum Gasteiger partial charge on any atom is -0.316 e. The molecule has 0 aliphatic rings. The van der Waals surface area contributed by atoms with E-state index in [9.17, 15) is 9.59 Å². The molecular formula is C22H27N3O2. The quantitative estimate of drug-likeness (QED) is 0.468. The lowest BCUT2D eigenvalue weighted by atomic mass is 10.0. The van der Waals surface area contributed by atoms with Crippen LogP contribution in [0, 0.1) is 0 Å². The number of fused-ring (bicyclic) bond motifs is 1. The Kier molecular flexibility index (Phi) is 6.24. The molecule has 0 fully saturated rings. The molecule has 0 spiro atoms. The van der Waals surface area contributed by atoms with Crippen molar-refractivity contribution in [3.05, 3.63) is 70.1 Å². The van der Waals surface area contributed by atoms with Gasteiger partial charge < -0.3 is 5.32 Å². The summed E-state index contributed by atoms with van der Waals surface area (Å²) in [5.41, 5.74) is 3.60. The second kappa shape index (κ2) is 8.82. The van der Waals surface area contributed by atoms with Crippen LogP contribution in [0.15, 0.2) is 53.3 Å². The first-order valence-corrected chi connectivity index (χ1v) is 9.51. The van der Waals surface area contributed by atoms with Gasteiger partial charge in [0.05, 0.1) is 11.0 Å². The van der Waals surface area contributed by atoms with Crippen LogP contribution < -0.4 is 11.0 Å². The Morgan fingerprint density at radius 1 is 0.926 bits per heavy atom. The molecule has 27 heavy (non-hydrogen) atoms. The molecule has 1 heterocycles. The number of hydrogen-bond acceptors (Lipinski definition) is 3. The van der Waals surface area contributed by atoms with Crippen molar-refractivity contribution in [2.75, 3.05) is 13.1 Å². The van der Waals surface area contributed by atoms with E-state index < -0.39 is 0 Å². The molecule has 0 bridgehead atoms. The van der Waals surface area contributed by atoms with Crippen molar-refractivity contribution < 1.29 is 4.79 Å². The smallest absolute Gasteiger partial charge is 0.316 e. The second-order valence-corrected chi connectivity index (χ2v) is 6.97. The summed E-state index contributed by atoms with van der Waals surface area (Å²) in [4.78, 5) is 24.4. The fraction of sp³-hybridized carbons (Fsp3) is 0.364. The molecule has 3 aromatic rings.